The van der Waals surface area contributed by atoms with Crippen LogP contribution in [0.5, 0.6) is 0 Å². The van der Waals surface area contributed by atoms with E-state index >= 15 is 0 Å². The van der Waals surface area contributed by atoms with Crippen LogP contribution in [-0.4, -0.2) is 87.3 Å². The summed E-state index contributed by atoms with van der Waals surface area (Å²) in [5.41, 5.74) is 15.6. The highest BCUT2D eigenvalue weighted by Crippen LogP contribution is 2.40. The van der Waals surface area contributed by atoms with Crippen molar-refractivity contribution in [2.45, 2.75) is 77.4 Å². The number of hydrogen-bond acceptors (Lipinski definition) is 3. The lowest BCUT2D eigenvalue weighted by atomic mass is 9.92. The van der Waals surface area contributed by atoms with Gasteiger partial charge in [-0.25, -0.2) is 0 Å². The molecule has 3 aromatic heterocycles. The monoisotopic (exact) mass is 907 g/mol. The molecule has 0 spiro atoms. The molecular formula is C63H66N6. The van der Waals surface area contributed by atoms with Crippen molar-refractivity contribution in [2.24, 2.45) is 0 Å². The number of aryl methyl sites for hydroxylation is 3. The number of aromatic nitrogens is 3. The van der Waals surface area contributed by atoms with E-state index in [1.807, 2.05) is 0 Å². The first-order chi connectivity index (χ1) is 34.2. The summed E-state index contributed by atoms with van der Waals surface area (Å²) in [5.74, 6) is 0. The number of fused-ring (bicyclic) bond motifs is 9. The van der Waals surface area contributed by atoms with Crippen LogP contribution < -0.4 is 0 Å². The summed E-state index contributed by atoms with van der Waals surface area (Å²) >= 11 is 0. The van der Waals surface area contributed by atoms with Gasteiger partial charge in [0.15, 0.2) is 0 Å². The average molecular weight is 907 g/mol. The molecule has 3 aliphatic rings. The van der Waals surface area contributed by atoms with Gasteiger partial charge in [-0.05, 0) is 223 Å². The molecular weight excluding hydrogens is 841 g/mol. The van der Waals surface area contributed by atoms with Crippen LogP contribution in [0, 0.1) is 0 Å². The molecule has 0 amide bonds. The molecule has 6 nitrogen and oxygen atoms in total. The number of benzene rings is 7. The summed E-state index contributed by atoms with van der Waals surface area (Å²) in [6.07, 6.45) is 11.6. The van der Waals surface area contributed by atoms with Gasteiger partial charge in [0.1, 0.15) is 0 Å². The second kappa shape index (κ2) is 18.6. The fourth-order valence-corrected chi connectivity index (χ4v) is 12.9. The second-order valence-corrected chi connectivity index (χ2v) is 20.7. The van der Waals surface area contributed by atoms with E-state index in [0.29, 0.717) is 0 Å². The lowest BCUT2D eigenvalue weighted by Gasteiger charge is -2.16. The summed E-state index contributed by atoms with van der Waals surface area (Å²) in [6.45, 7) is 14.2. The Morgan fingerprint density at radius 1 is 0.246 bits per heavy atom. The highest BCUT2D eigenvalue weighted by Gasteiger charge is 2.19. The van der Waals surface area contributed by atoms with Gasteiger partial charge in [0.2, 0.25) is 0 Å². The van der Waals surface area contributed by atoms with Crippen LogP contribution in [0.1, 0.15) is 57.8 Å². The maximum atomic E-state index is 2.65. The maximum absolute atomic E-state index is 2.65. The molecule has 0 unspecified atom stereocenters. The number of nitrogens with zero attached hydrogens (tertiary/aromatic N) is 6. The van der Waals surface area contributed by atoms with Crippen molar-refractivity contribution in [3.05, 3.63) is 146 Å². The van der Waals surface area contributed by atoms with Crippen molar-refractivity contribution < 1.29 is 0 Å². The Morgan fingerprint density at radius 3 is 0.826 bits per heavy atom. The molecule has 0 radical (unpaired) electrons. The topological polar surface area (TPSA) is 24.5 Å². The van der Waals surface area contributed by atoms with Crippen LogP contribution >= 0.6 is 0 Å². The standard InChI is InChI=1S/C63H66N6/c1-4-19-58-52(16-1)55-43-46(22-25-61(55)67(58)37-13-34-64-28-7-8-29-64)49-40-50(47-23-26-62-56(44-47)53-17-2-5-20-59(53)68(62)38-14-35-65-30-9-10-31-65)42-51(41-49)48-24-27-63-57(45-48)54-18-3-6-21-60(54)69(63)39-15-36-66-32-11-12-33-66/h1-6,16-27,40-45H,7-15,28-39H2. The summed E-state index contributed by atoms with van der Waals surface area (Å²) in [7, 11) is 0. The number of hydrogen-bond donors (Lipinski definition) is 0. The van der Waals surface area contributed by atoms with Crippen molar-refractivity contribution >= 4 is 65.4 Å². The van der Waals surface area contributed by atoms with E-state index in [-0.39, 0.29) is 0 Å². The minimum atomic E-state index is 1.04. The van der Waals surface area contributed by atoms with Crippen LogP contribution in [0.25, 0.3) is 98.8 Å². The highest BCUT2D eigenvalue weighted by molar-refractivity contribution is 6.12. The second-order valence-electron chi connectivity index (χ2n) is 20.7. The average Bonchev–Trinajstić information content (AvgIpc) is 4.29. The largest absolute Gasteiger partial charge is 0.340 e. The number of rotatable bonds is 15. The van der Waals surface area contributed by atoms with Crippen molar-refractivity contribution in [1.29, 1.82) is 0 Å². The molecule has 3 fully saturated rings. The van der Waals surface area contributed by atoms with Gasteiger partial charge in [-0.3, -0.25) is 0 Å². The van der Waals surface area contributed by atoms with E-state index in [1.54, 1.807) is 0 Å². The quantitative estimate of drug-likeness (QED) is 0.102. The fourth-order valence-electron chi connectivity index (χ4n) is 12.9. The van der Waals surface area contributed by atoms with E-state index in [9.17, 15) is 0 Å². The zero-order valence-corrected chi connectivity index (χ0v) is 40.4. The minimum Gasteiger partial charge on any atom is -0.340 e. The summed E-state index contributed by atoms with van der Waals surface area (Å²) in [6, 6.07) is 56.4. The molecule has 3 saturated heterocycles. The lowest BCUT2D eigenvalue weighted by Crippen LogP contribution is -2.21. The Morgan fingerprint density at radius 2 is 0.522 bits per heavy atom. The molecule has 0 aliphatic carbocycles. The third-order valence-corrected chi connectivity index (χ3v) is 16.4. The Labute approximate surface area is 407 Å². The third-order valence-electron chi connectivity index (χ3n) is 16.4. The molecule has 0 saturated carbocycles. The van der Waals surface area contributed by atoms with Gasteiger partial charge in [-0.15, -0.1) is 0 Å². The maximum Gasteiger partial charge on any atom is 0.0491 e. The zero-order valence-electron chi connectivity index (χ0n) is 40.4. The van der Waals surface area contributed by atoms with Crippen LogP contribution in [0.15, 0.2) is 146 Å². The molecule has 13 rings (SSSR count). The smallest absolute Gasteiger partial charge is 0.0491 e. The normalized spacial score (nSPS) is 16.3. The fraction of sp³-hybridized carbons (Fsp3) is 0.333. The van der Waals surface area contributed by atoms with Crippen molar-refractivity contribution in [3.63, 3.8) is 0 Å². The first-order valence-corrected chi connectivity index (χ1v) is 26.6. The van der Waals surface area contributed by atoms with E-state index in [4.69, 9.17) is 0 Å². The SMILES string of the molecule is c1ccc2c(c1)c1cc(-c3cc(-c4ccc5c(c4)c4ccccc4n5CCCN4CCCC4)cc(-c4ccc5c(c4)c4ccccc4n5CCCN4CCCC4)c3)ccc1n2CCCN1CCCC1. The van der Waals surface area contributed by atoms with Gasteiger partial charge in [-0.2, -0.15) is 0 Å². The van der Waals surface area contributed by atoms with Crippen molar-refractivity contribution in [3.8, 4) is 33.4 Å². The predicted octanol–water partition coefficient (Wildman–Crippen LogP) is 14.5. The third kappa shape index (κ3) is 8.14. The molecule has 0 bridgehead atoms. The zero-order chi connectivity index (χ0) is 45.7. The summed E-state index contributed by atoms with van der Waals surface area (Å²) in [5, 5.41) is 8.06. The Hall–Kier alpha value is -6.18. The van der Waals surface area contributed by atoms with Crippen LogP contribution in [0.3, 0.4) is 0 Å². The minimum absolute atomic E-state index is 1.04. The van der Waals surface area contributed by atoms with Gasteiger partial charge in [0.25, 0.3) is 0 Å². The van der Waals surface area contributed by atoms with Gasteiger partial charge < -0.3 is 28.4 Å². The molecule has 348 valence electrons. The molecule has 0 atom stereocenters. The molecule has 6 heteroatoms. The number of para-hydroxylation sites is 3. The van der Waals surface area contributed by atoms with Crippen LogP contribution in [-0.2, 0) is 19.6 Å². The van der Waals surface area contributed by atoms with Crippen LogP contribution in [0.2, 0.25) is 0 Å². The summed E-state index contributed by atoms with van der Waals surface area (Å²) < 4.78 is 7.76. The van der Waals surface area contributed by atoms with Gasteiger partial charge in [0.05, 0.1) is 0 Å². The molecule has 3 aliphatic heterocycles. The predicted molar refractivity (Wildman–Crippen MR) is 293 cm³/mol. The van der Waals surface area contributed by atoms with E-state index in [0.717, 1.165) is 19.6 Å². The van der Waals surface area contributed by atoms with Crippen molar-refractivity contribution in [1.82, 2.24) is 28.4 Å². The van der Waals surface area contributed by atoms with Gasteiger partial charge in [-0.1, -0.05) is 72.8 Å². The molecule has 10 aromatic rings. The van der Waals surface area contributed by atoms with E-state index < -0.39 is 0 Å². The molecule has 7 aromatic carbocycles. The Kier molecular flexibility index (Phi) is 11.6. The first-order valence-electron chi connectivity index (χ1n) is 26.6. The lowest BCUT2D eigenvalue weighted by molar-refractivity contribution is 0.327. The molecule has 69 heavy (non-hydrogen) atoms. The van der Waals surface area contributed by atoms with E-state index in [1.165, 1.54) is 215 Å². The van der Waals surface area contributed by atoms with Crippen LogP contribution in [0.4, 0.5) is 0 Å². The van der Waals surface area contributed by atoms with Gasteiger partial charge >= 0.3 is 0 Å². The molecule has 6 heterocycles. The number of likely N-dealkylation sites (tertiary alicyclic amines) is 3. The molecule has 0 N–H and O–H groups in total. The van der Waals surface area contributed by atoms with Gasteiger partial charge in [0, 0.05) is 85.1 Å². The first kappa shape index (κ1) is 42.9. The Bertz CT molecular complexity index is 3100. The summed E-state index contributed by atoms with van der Waals surface area (Å²) in [4.78, 5) is 7.94. The van der Waals surface area contributed by atoms with E-state index in [2.05, 4.69) is 174 Å². The Balaban J connectivity index is 0.919. The van der Waals surface area contributed by atoms with Crippen molar-refractivity contribution in [2.75, 3.05) is 58.9 Å². The highest BCUT2D eigenvalue weighted by atomic mass is 15.1.